The van der Waals surface area contributed by atoms with E-state index in [1.54, 1.807) is 29.2 Å². The number of benzene rings is 2. The zero-order valence-corrected chi connectivity index (χ0v) is 16.7. The summed E-state index contributed by atoms with van der Waals surface area (Å²) in [6.45, 7) is 2.00. The Hall–Kier alpha value is -4.46. The van der Waals surface area contributed by atoms with E-state index in [1.165, 1.54) is 6.20 Å². The maximum absolute atomic E-state index is 12.4. The second kappa shape index (κ2) is 7.75. The number of fused-ring (bicyclic) bond motifs is 1. The van der Waals surface area contributed by atoms with E-state index < -0.39 is 0 Å². The van der Waals surface area contributed by atoms with Crippen molar-refractivity contribution in [2.24, 2.45) is 0 Å². The van der Waals surface area contributed by atoms with Gasteiger partial charge in [0.05, 0.1) is 23.0 Å². The quantitative estimate of drug-likeness (QED) is 0.398. The van der Waals surface area contributed by atoms with Gasteiger partial charge >= 0.3 is 0 Å². The molecule has 8 heteroatoms. The number of carbonyl (C=O) groups excluding carboxylic acids is 1. The molecule has 3 N–H and O–H groups in total. The molecule has 1 amide bonds. The van der Waals surface area contributed by atoms with Crippen LogP contribution >= 0.6 is 0 Å². The number of pyridine rings is 1. The fourth-order valence-corrected chi connectivity index (χ4v) is 3.30. The number of nitrogens with one attached hydrogen (secondary N) is 3. The Morgan fingerprint density at radius 3 is 2.84 bits per heavy atom. The van der Waals surface area contributed by atoms with E-state index in [1.807, 2.05) is 55.6 Å². The monoisotopic (exact) mass is 409 g/mol. The lowest BCUT2D eigenvalue weighted by Gasteiger charge is -2.08. The third-order valence-electron chi connectivity index (χ3n) is 4.89. The third kappa shape index (κ3) is 3.86. The Morgan fingerprint density at radius 1 is 1.03 bits per heavy atom. The number of hydrogen-bond donors (Lipinski definition) is 3. The van der Waals surface area contributed by atoms with Gasteiger partial charge in [-0.15, -0.1) is 5.10 Å². The highest BCUT2D eigenvalue weighted by atomic mass is 16.1. The molecule has 3 aromatic heterocycles. The summed E-state index contributed by atoms with van der Waals surface area (Å²) >= 11 is 0. The predicted octanol–water partition coefficient (Wildman–Crippen LogP) is 4.45. The summed E-state index contributed by atoms with van der Waals surface area (Å²) in [4.78, 5) is 16.4. The zero-order chi connectivity index (χ0) is 21.2. The van der Waals surface area contributed by atoms with Crippen LogP contribution in [0.1, 0.15) is 15.9 Å². The molecule has 0 aliphatic rings. The highest BCUT2D eigenvalue weighted by Gasteiger charge is 2.10. The van der Waals surface area contributed by atoms with Crippen LogP contribution in [0.5, 0.6) is 0 Å². The first-order valence-electron chi connectivity index (χ1n) is 9.74. The Labute approximate surface area is 177 Å². The highest BCUT2D eigenvalue weighted by molar-refractivity contribution is 6.04. The van der Waals surface area contributed by atoms with Gasteiger partial charge in [-0.2, -0.15) is 5.10 Å². The minimum Gasteiger partial charge on any atom is -0.338 e. The molecule has 0 aliphatic carbocycles. The number of aryl methyl sites for hydroxylation is 1. The van der Waals surface area contributed by atoms with Gasteiger partial charge in [0.2, 0.25) is 0 Å². The zero-order valence-electron chi connectivity index (χ0n) is 16.7. The number of rotatable bonds is 5. The molecule has 0 bridgehead atoms. The van der Waals surface area contributed by atoms with Crippen molar-refractivity contribution < 1.29 is 4.79 Å². The van der Waals surface area contributed by atoms with E-state index >= 15 is 0 Å². The van der Waals surface area contributed by atoms with Crippen LogP contribution in [-0.2, 0) is 0 Å². The van der Waals surface area contributed by atoms with E-state index in [0.29, 0.717) is 11.3 Å². The maximum Gasteiger partial charge on any atom is 0.257 e. The topological polar surface area (TPSA) is 101 Å². The number of amides is 1. The van der Waals surface area contributed by atoms with Gasteiger partial charge in [-0.1, -0.05) is 6.07 Å². The molecule has 0 radical (unpaired) electrons. The molecule has 5 rings (SSSR count). The lowest BCUT2D eigenvalue weighted by molar-refractivity contribution is 0.102. The first-order valence-corrected chi connectivity index (χ1v) is 9.74. The summed E-state index contributed by atoms with van der Waals surface area (Å²) in [6.07, 6.45) is 6.91. The smallest absolute Gasteiger partial charge is 0.257 e. The van der Waals surface area contributed by atoms with Gasteiger partial charge in [0.15, 0.2) is 5.82 Å². The van der Waals surface area contributed by atoms with Gasteiger partial charge in [-0.05, 0) is 55.5 Å². The molecule has 0 spiro atoms. The molecule has 0 saturated heterocycles. The van der Waals surface area contributed by atoms with Gasteiger partial charge in [0.1, 0.15) is 0 Å². The Kier molecular flexibility index (Phi) is 4.64. The number of hydrogen-bond acceptors (Lipinski definition) is 5. The van der Waals surface area contributed by atoms with E-state index in [4.69, 9.17) is 0 Å². The van der Waals surface area contributed by atoms with Crippen molar-refractivity contribution in [2.75, 3.05) is 10.6 Å². The SMILES string of the molecule is Cc1cn(-c2cccc(NC(=O)c3cccnc3)c2)nc1Nc1ccc2[nH]ncc2c1. The fraction of sp³-hybridized carbons (Fsp3) is 0.0435. The molecule has 3 heterocycles. The van der Waals surface area contributed by atoms with Crippen LogP contribution < -0.4 is 10.6 Å². The molecule has 5 aromatic rings. The average molecular weight is 409 g/mol. The van der Waals surface area contributed by atoms with E-state index in [0.717, 1.165) is 33.7 Å². The number of H-pyrrole nitrogens is 1. The summed E-state index contributed by atoms with van der Waals surface area (Å²) in [5.74, 6) is 0.548. The van der Waals surface area contributed by atoms with Crippen LogP contribution in [0.15, 0.2) is 79.4 Å². The molecule has 31 heavy (non-hydrogen) atoms. The van der Waals surface area contributed by atoms with E-state index in [2.05, 4.69) is 30.9 Å². The maximum atomic E-state index is 12.4. The van der Waals surface area contributed by atoms with Crippen LogP contribution in [0.4, 0.5) is 17.2 Å². The molecule has 8 nitrogen and oxygen atoms in total. The van der Waals surface area contributed by atoms with Crippen molar-refractivity contribution in [1.82, 2.24) is 25.0 Å². The second-order valence-electron chi connectivity index (χ2n) is 7.15. The molecular formula is C23H19N7O. The number of carbonyl (C=O) groups is 1. The Morgan fingerprint density at radius 2 is 1.97 bits per heavy atom. The molecule has 0 atom stereocenters. The van der Waals surface area contributed by atoms with Gasteiger partial charge in [-0.25, -0.2) is 4.68 Å². The highest BCUT2D eigenvalue weighted by Crippen LogP contribution is 2.24. The van der Waals surface area contributed by atoms with Crippen LogP contribution in [0.3, 0.4) is 0 Å². The van der Waals surface area contributed by atoms with Crippen LogP contribution in [0.2, 0.25) is 0 Å². The lowest BCUT2D eigenvalue weighted by Crippen LogP contribution is -2.12. The van der Waals surface area contributed by atoms with Crippen molar-refractivity contribution in [1.29, 1.82) is 0 Å². The normalized spacial score (nSPS) is 10.9. The second-order valence-corrected chi connectivity index (χ2v) is 7.15. The van der Waals surface area contributed by atoms with Crippen molar-refractivity contribution >= 4 is 34.0 Å². The predicted molar refractivity (Wildman–Crippen MR) is 120 cm³/mol. The van der Waals surface area contributed by atoms with Gasteiger partial charge in [-0.3, -0.25) is 14.9 Å². The number of aromatic nitrogens is 5. The molecule has 152 valence electrons. The largest absolute Gasteiger partial charge is 0.338 e. The van der Waals surface area contributed by atoms with E-state index in [-0.39, 0.29) is 5.91 Å². The van der Waals surface area contributed by atoms with Gasteiger partial charge in [0, 0.05) is 40.9 Å². The summed E-state index contributed by atoms with van der Waals surface area (Å²) in [5.41, 5.74) is 4.93. The number of anilines is 3. The minimum absolute atomic E-state index is 0.209. The van der Waals surface area contributed by atoms with Crippen molar-refractivity contribution in [3.63, 3.8) is 0 Å². The Bertz CT molecular complexity index is 1370. The molecule has 0 fully saturated rings. The first-order chi connectivity index (χ1) is 15.2. The summed E-state index contributed by atoms with van der Waals surface area (Å²) in [5, 5.41) is 19.0. The standard InChI is InChI=1S/C23H19N7O/c1-15-14-30(29-22(15)26-19-7-8-21-17(10-19)13-25-28-21)20-6-2-5-18(11-20)27-23(31)16-4-3-9-24-12-16/h2-14H,1H3,(H,25,28)(H,26,29)(H,27,31). The van der Waals surface area contributed by atoms with Crippen molar-refractivity contribution in [3.8, 4) is 5.69 Å². The molecular weight excluding hydrogens is 390 g/mol. The van der Waals surface area contributed by atoms with E-state index in [9.17, 15) is 4.79 Å². The first kappa shape index (κ1) is 18.6. The number of aromatic amines is 1. The lowest BCUT2D eigenvalue weighted by atomic mass is 10.2. The summed E-state index contributed by atoms with van der Waals surface area (Å²) in [7, 11) is 0. The average Bonchev–Trinajstić information content (AvgIpc) is 3.41. The summed E-state index contributed by atoms with van der Waals surface area (Å²) < 4.78 is 1.79. The van der Waals surface area contributed by atoms with Gasteiger partial charge < -0.3 is 10.6 Å². The summed E-state index contributed by atoms with van der Waals surface area (Å²) in [6, 6.07) is 17.0. The van der Waals surface area contributed by atoms with Crippen molar-refractivity contribution in [3.05, 3.63) is 90.5 Å². The fourth-order valence-electron chi connectivity index (χ4n) is 3.30. The van der Waals surface area contributed by atoms with Crippen LogP contribution in [0.25, 0.3) is 16.6 Å². The van der Waals surface area contributed by atoms with Crippen molar-refractivity contribution in [2.45, 2.75) is 6.92 Å². The van der Waals surface area contributed by atoms with Gasteiger partial charge in [0.25, 0.3) is 5.91 Å². The molecule has 0 aliphatic heterocycles. The molecule has 0 unspecified atom stereocenters. The molecule has 2 aromatic carbocycles. The van der Waals surface area contributed by atoms with Crippen LogP contribution in [-0.4, -0.2) is 30.9 Å². The molecule has 0 saturated carbocycles. The third-order valence-corrected chi connectivity index (χ3v) is 4.89. The van der Waals surface area contributed by atoms with Crippen LogP contribution in [0, 0.1) is 6.92 Å². The Balaban J connectivity index is 1.37. The minimum atomic E-state index is -0.209. The number of nitrogens with zero attached hydrogens (tertiary/aromatic N) is 4.